The Morgan fingerprint density at radius 2 is 2.19 bits per heavy atom. The van der Waals surface area contributed by atoms with Crippen LogP contribution in [0.25, 0.3) is 11.3 Å². The van der Waals surface area contributed by atoms with Gasteiger partial charge in [-0.1, -0.05) is 0 Å². The van der Waals surface area contributed by atoms with Crippen molar-refractivity contribution in [3.63, 3.8) is 0 Å². The number of fused-ring (bicyclic) bond motifs is 1. The van der Waals surface area contributed by atoms with Crippen LogP contribution in [0.4, 0.5) is 13.2 Å². The maximum Gasteiger partial charge on any atom is 0.397 e. The molecule has 0 aromatic carbocycles. The number of nitrogens with zero attached hydrogens (tertiary/aromatic N) is 2. The molecule has 1 amide bonds. The highest BCUT2D eigenvalue weighted by Gasteiger charge is 2.70. The molecule has 0 saturated carbocycles. The number of carbonyl (C=O) groups is 1. The highest BCUT2D eigenvalue weighted by Crippen LogP contribution is 2.54. The largest absolute Gasteiger partial charge is 0.472 e. The molecule has 2 aliphatic heterocycles. The van der Waals surface area contributed by atoms with Gasteiger partial charge in [0.2, 0.25) is 0 Å². The molecule has 0 aliphatic carbocycles. The van der Waals surface area contributed by atoms with Crippen molar-refractivity contribution in [1.29, 1.82) is 0 Å². The molecular formula is C15H14F3N3O4S. The fourth-order valence-corrected chi connectivity index (χ4v) is 6.13. The predicted octanol–water partition coefficient (Wildman–Crippen LogP) is 1.86. The fraction of sp³-hybridized carbons (Fsp3) is 0.467. The molecule has 4 rings (SSSR count). The second kappa shape index (κ2) is 5.35. The molecule has 4 heterocycles. The summed E-state index contributed by atoms with van der Waals surface area (Å²) in [5, 5.41) is 4.82. The molecule has 140 valence electrons. The van der Waals surface area contributed by atoms with Crippen molar-refractivity contribution in [1.82, 2.24) is 15.1 Å². The van der Waals surface area contributed by atoms with E-state index >= 15 is 0 Å². The molecule has 11 heteroatoms. The monoisotopic (exact) mass is 389 g/mol. The molecule has 2 aliphatic rings. The number of rotatable bonds is 2. The van der Waals surface area contributed by atoms with E-state index in [2.05, 4.69) is 10.2 Å². The van der Waals surface area contributed by atoms with Gasteiger partial charge < -0.3 is 9.32 Å². The Balaban J connectivity index is 1.63. The third-order valence-electron chi connectivity index (χ3n) is 5.22. The number of aromatic nitrogens is 2. The molecule has 1 N–H and O–H groups in total. The molecule has 26 heavy (non-hydrogen) atoms. The van der Waals surface area contributed by atoms with Crippen molar-refractivity contribution in [3.05, 3.63) is 30.4 Å². The number of likely N-dealkylation sites (tertiary alicyclic amines) is 1. The van der Waals surface area contributed by atoms with Gasteiger partial charge >= 0.3 is 6.18 Å². The zero-order chi connectivity index (χ0) is 18.7. The van der Waals surface area contributed by atoms with Gasteiger partial charge in [0.25, 0.3) is 5.91 Å². The molecule has 2 aromatic rings. The van der Waals surface area contributed by atoms with Crippen LogP contribution >= 0.6 is 0 Å². The summed E-state index contributed by atoms with van der Waals surface area (Å²) in [5.41, 5.74) is -1.39. The first-order valence-electron chi connectivity index (χ1n) is 7.80. The summed E-state index contributed by atoms with van der Waals surface area (Å²) in [4.78, 5) is 13.6. The summed E-state index contributed by atoms with van der Waals surface area (Å²) in [6.45, 7) is -1.14. The smallest absolute Gasteiger partial charge is 0.397 e. The van der Waals surface area contributed by atoms with Crippen LogP contribution in [0.1, 0.15) is 16.9 Å². The van der Waals surface area contributed by atoms with Crippen molar-refractivity contribution in [2.45, 2.75) is 17.8 Å². The SMILES string of the molecule is O=C(c1cc(-c2ccoc2)n[nH]1)N1C[C@H]2[C@](C(F)(F)F)(CCS2(=O)=O)C1. The van der Waals surface area contributed by atoms with E-state index in [1.165, 1.54) is 18.6 Å². The van der Waals surface area contributed by atoms with E-state index in [9.17, 15) is 26.4 Å². The van der Waals surface area contributed by atoms with Crippen LogP contribution < -0.4 is 0 Å². The van der Waals surface area contributed by atoms with Gasteiger partial charge in [-0.25, -0.2) is 8.42 Å². The lowest BCUT2D eigenvalue weighted by Crippen LogP contribution is -2.45. The number of carbonyl (C=O) groups excluding carboxylic acids is 1. The van der Waals surface area contributed by atoms with E-state index in [0.717, 1.165) is 4.90 Å². The third-order valence-corrected chi connectivity index (χ3v) is 7.46. The van der Waals surface area contributed by atoms with Gasteiger partial charge in [-0.15, -0.1) is 0 Å². The van der Waals surface area contributed by atoms with E-state index in [-0.39, 0.29) is 5.69 Å². The fourth-order valence-electron chi connectivity index (χ4n) is 3.77. The van der Waals surface area contributed by atoms with Crippen molar-refractivity contribution in [2.75, 3.05) is 18.8 Å². The normalized spacial score (nSPS) is 27.7. The number of nitrogens with one attached hydrogen (secondary N) is 1. The molecule has 0 bridgehead atoms. The Labute approximate surface area is 146 Å². The third kappa shape index (κ3) is 2.37. The number of hydrogen-bond acceptors (Lipinski definition) is 5. The number of halogens is 3. The van der Waals surface area contributed by atoms with Crippen LogP contribution in [0.3, 0.4) is 0 Å². The lowest BCUT2D eigenvalue weighted by atomic mass is 9.83. The summed E-state index contributed by atoms with van der Waals surface area (Å²) in [7, 11) is -3.90. The minimum Gasteiger partial charge on any atom is -0.472 e. The average Bonchev–Trinajstić information content (AvgIpc) is 3.31. The number of furan rings is 1. The number of amides is 1. The van der Waals surface area contributed by atoms with Crippen LogP contribution in [-0.2, 0) is 9.84 Å². The summed E-state index contributed by atoms with van der Waals surface area (Å²) >= 11 is 0. The summed E-state index contributed by atoms with van der Waals surface area (Å²) in [5.74, 6) is -1.21. The summed E-state index contributed by atoms with van der Waals surface area (Å²) in [6.07, 6.45) is -2.39. The summed E-state index contributed by atoms with van der Waals surface area (Å²) < 4.78 is 70.0. The Bertz CT molecular complexity index is 951. The standard InChI is InChI=1S/C15H14F3N3O4S/c16-15(17,18)14-2-4-26(23,24)12(14)6-21(8-14)13(22)11-5-10(19-20-11)9-1-3-25-7-9/h1,3,5,7,12H,2,4,6,8H2,(H,19,20)/t12-,14-/m0/s1. The predicted molar refractivity (Wildman–Crippen MR) is 82.9 cm³/mol. The number of aromatic amines is 1. The minimum absolute atomic E-state index is 0.00380. The average molecular weight is 389 g/mol. The molecule has 0 unspecified atom stereocenters. The zero-order valence-electron chi connectivity index (χ0n) is 13.3. The van der Waals surface area contributed by atoms with Crippen molar-refractivity contribution < 1.29 is 30.8 Å². The van der Waals surface area contributed by atoms with Gasteiger partial charge in [-0.05, 0) is 18.6 Å². The molecule has 2 saturated heterocycles. The Morgan fingerprint density at radius 1 is 1.42 bits per heavy atom. The topological polar surface area (TPSA) is 96.3 Å². The number of alkyl halides is 3. The van der Waals surface area contributed by atoms with E-state index < -0.39 is 57.8 Å². The van der Waals surface area contributed by atoms with Crippen LogP contribution in [0.2, 0.25) is 0 Å². The molecule has 2 fully saturated rings. The molecule has 0 spiro atoms. The van der Waals surface area contributed by atoms with Gasteiger partial charge in [0.05, 0.1) is 29.2 Å². The highest BCUT2D eigenvalue weighted by molar-refractivity contribution is 7.92. The summed E-state index contributed by atoms with van der Waals surface area (Å²) in [6, 6.07) is 3.02. The first-order chi connectivity index (χ1) is 12.1. The molecule has 2 atom stereocenters. The van der Waals surface area contributed by atoms with Gasteiger partial charge in [0.1, 0.15) is 11.1 Å². The second-order valence-corrected chi connectivity index (χ2v) is 8.93. The van der Waals surface area contributed by atoms with Gasteiger partial charge in [0, 0.05) is 18.7 Å². The van der Waals surface area contributed by atoms with Crippen molar-refractivity contribution >= 4 is 15.7 Å². The van der Waals surface area contributed by atoms with Crippen molar-refractivity contribution in [3.8, 4) is 11.3 Å². The lowest BCUT2D eigenvalue weighted by molar-refractivity contribution is -0.215. The van der Waals surface area contributed by atoms with E-state index in [1.807, 2.05) is 0 Å². The van der Waals surface area contributed by atoms with Crippen LogP contribution in [0.5, 0.6) is 0 Å². The number of sulfone groups is 1. The van der Waals surface area contributed by atoms with Gasteiger partial charge in [-0.3, -0.25) is 9.89 Å². The molecule has 2 aromatic heterocycles. The van der Waals surface area contributed by atoms with E-state index in [0.29, 0.717) is 11.3 Å². The maximum atomic E-state index is 13.6. The zero-order valence-corrected chi connectivity index (χ0v) is 14.1. The van der Waals surface area contributed by atoms with Crippen LogP contribution in [-0.4, -0.2) is 59.7 Å². The van der Waals surface area contributed by atoms with E-state index in [1.54, 1.807) is 6.07 Å². The Hall–Kier alpha value is -2.30. The minimum atomic E-state index is -4.70. The van der Waals surface area contributed by atoms with Gasteiger partial charge in [-0.2, -0.15) is 18.3 Å². The van der Waals surface area contributed by atoms with E-state index in [4.69, 9.17) is 4.42 Å². The second-order valence-electron chi connectivity index (χ2n) is 6.62. The van der Waals surface area contributed by atoms with Crippen molar-refractivity contribution in [2.24, 2.45) is 5.41 Å². The highest BCUT2D eigenvalue weighted by atomic mass is 32.2. The first-order valence-corrected chi connectivity index (χ1v) is 9.51. The molecule has 7 nitrogen and oxygen atoms in total. The number of hydrogen-bond donors (Lipinski definition) is 1. The maximum absolute atomic E-state index is 13.6. The number of H-pyrrole nitrogens is 1. The molecule has 0 radical (unpaired) electrons. The molecular weight excluding hydrogens is 375 g/mol. The van der Waals surface area contributed by atoms with Crippen LogP contribution in [0, 0.1) is 5.41 Å². The Morgan fingerprint density at radius 3 is 2.81 bits per heavy atom. The van der Waals surface area contributed by atoms with Gasteiger partial charge in [0.15, 0.2) is 9.84 Å². The van der Waals surface area contributed by atoms with Crippen LogP contribution in [0.15, 0.2) is 29.1 Å². The Kier molecular flexibility index (Phi) is 3.52. The quantitative estimate of drug-likeness (QED) is 0.846. The lowest BCUT2D eigenvalue weighted by Gasteiger charge is -2.29. The first kappa shape index (κ1) is 17.1.